The second kappa shape index (κ2) is 8.03. The van der Waals surface area contributed by atoms with E-state index in [4.69, 9.17) is 0 Å². The van der Waals surface area contributed by atoms with Gasteiger partial charge >= 0.3 is 0 Å². The highest BCUT2D eigenvalue weighted by molar-refractivity contribution is 5.93. The summed E-state index contributed by atoms with van der Waals surface area (Å²) in [6, 6.07) is 10.9. The summed E-state index contributed by atoms with van der Waals surface area (Å²) in [5, 5.41) is 24.9. The number of carbonyl (C=O) groups excluding carboxylic acids is 1. The Balaban J connectivity index is 1.66. The minimum atomic E-state index is -0.500. The Morgan fingerprint density at radius 2 is 1.75 bits per heavy atom. The fraction of sp³-hybridized carbons (Fsp3) is 0.316. The largest absolute Gasteiger partial charge is 0.366 e. The van der Waals surface area contributed by atoms with Crippen LogP contribution >= 0.6 is 0 Å². The molecule has 1 heterocycles. The smallest absolute Gasteiger partial charge is 0.292 e. The number of nitro benzene ring substituents is 2. The van der Waals surface area contributed by atoms with Crippen LogP contribution in [0, 0.1) is 33.1 Å². The number of amides is 1. The summed E-state index contributed by atoms with van der Waals surface area (Å²) in [4.78, 5) is 35.8. The summed E-state index contributed by atoms with van der Waals surface area (Å²) < 4.78 is 0. The Morgan fingerprint density at radius 3 is 2.39 bits per heavy atom. The molecule has 2 aromatic rings. The molecule has 146 valence electrons. The maximum Gasteiger partial charge on any atom is 0.292 e. The summed E-state index contributed by atoms with van der Waals surface area (Å²) in [6.45, 7) is 2.82. The molecule has 0 saturated carbocycles. The van der Waals surface area contributed by atoms with Crippen LogP contribution in [0.2, 0.25) is 0 Å². The standard InChI is InChI=1S/C19H20N4O5/c1-13-6-7-15(22(25)26)12-16(13)20-19(24)14-8-10-21(11-9-14)17-4-2-3-5-18(17)23(27)28/h2-7,12,14H,8-11H2,1H3,(H,20,24). The van der Waals surface area contributed by atoms with Crippen LogP contribution in [0.1, 0.15) is 18.4 Å². The molecule has 2 aromatic carbocycles. The Morgan fingerprint density at radius 1 is 1.07 bits per heavy atom. The van der Waals surface area contributed by atoms with Crippen molar-refractivity contribution in [3.63, 3.8) is 0 Å². The lowest BCUT2D eigenvalue weighted by Gasteiger charge is -2.32. The first-order valence-corrected chi connectivity index (χ1v) is 8.91. The zero-order valence-corrected chi connectivity index (χ0v) is 15.3. The molecule has 9 heteroatoms. The first kappa shape index (κ1) is 19.3. The molecule has 1 aliphatic heterocycles. The summed E-state index contributed by atoms with van der Waals surface area (Å²) in [7, 11) is 0. The van der Waals surface area contributed by atoms with Gasteiger partial charge in [-0.2, -0.15) is 0 Å². The van der Waals surface area contributed by atoms with E-state index < -0.39 is 9.85 Å². The van der Waals surface area contributed by atoms with Gasteiger partial charge in [0.05, 0.1) is 15.5 Å². The van der Waals surface area contributed by atoms with Crippen LogP contribution < -0.4 is 10.2 Å². The van der Waals surface area contributed by atoms with Gasteiger partial charge in [0.25, 0.3) is 11.4 Å². The van der Waals surface area contributed by atoms with Crippen LogP contribution in [-0.2, 0) is 4.79 Å². The first-order chi connectivity index (χ1) is 13.4. The van der Waals surface area contributed by atoms with Crippen molar-refractivity contribution in [2.75, 3.05) is 23.3 Å². The molecule has 1 aliphatic rings. The highest BCUT2D eigenvalue weighted by atomic mass is 16.6. The summed E-state index contributed by atoms with van der Waals surface area (Å²) >= 11 is 0. The maximum atomic E-state index is 12.6. The topological polar surface area (TPSA) is 119 Å². The first-order valence-electron chi connectivity index (χ1n) is 8.91. The average molecular weight is 384 g/mol. The van der Waals surface area contributed by atoms with E-state index in [1.807, 2.05) is 4.90 Å². The Kier molecular flexibility index (Phi) is 5.53. The number of aryl methyl sites for hydroxylation is 1. The van der Waals surface area contributed by atoms with Crippen molar-refractivity contribution in [3.8, 4) is 0 Å². The number of hydrogen-bond donors (Lipinski definition) is 1. The van der Waals surface area contributed by atoms with E-state index in [-0.39, 0.29) is 23.2 Å². The Bertz CT molecular complexity index is 922. The number of nitrogens with zero attached hydrogens (tertiary/aromatic N) is 3. The molecule has 0 atom stereocenters. The number of carbonyl (C=O) groups is 1. The predicted molar refractivity (Wildman–Crippen MR) is 104 cm³/mol. The SMILES string of the molecule is Cc1ccc([N+](=O)[O-])cc1NC(=O)C1CCN(c2ccccc2[N+](=O)[O-])CC1. The van der Waals surface area contributed by atoms with Gasteiger partial charge in [-0.05, 0) is 31.4 Å². The van der Waals surface area contributed by atoms with Crippen molar-refractivity contribution in [1.82, 2.24) is 0 Å². The van der Waals surface area contributed by atoms with E-state index in [0.29, 0.717) is 37.3 Å². The third-order valence-corrected chi connectivity index (χ3v) is 4.97. The van der Waals surface area contributed by atoms with Gasteiger partial charge in [0.1, 0.15) is 5.69 Å². The molecule has 0 aliphatic carbocycles. The van der Waals surface area contributed by atoms with Gasteiger partial charge in [0.2, 0.25) is 5.91 Å². The van der Waals surface area contributed by atoms with E-state index in [1.165, 1.54) is 18.2 Å². The molecule has 28 heavy (non-hydrogen) atoms. The number of piperidine rings is 1. The lowest BCUT2D eigenvalue weighted by Crippen LogP contribution is -2.38. The average Bonchev–Trinajstić information content (AvgIpc) is 2.69. The number of anilines is 2. The van der Waals surface area contributed by atoms with Gasteiger partial charge in [0.15, 0.2) is 0 Å². The number of nitrogens with one attached hydrogen (secondary N) is 1. The van der Waals surface area contributed by atoms with Gasteiger partial charge in [-0.25, -0.2) is 0 Å². The molecule has 0 spiro atoms. The van der Waals surface area contributed by atoms with Gasteiger partial charge in [0, 0.05) is 37.2 Å². The van der Waals surface area contributed by atoms with Crippen molar-refractivity contribution < 1.29 is 14.6 Å². The minimum Gasteiger partial charge on any atom is -0.366 e. The molecule has 0 aromatic heterocycles. The third-order valence-electron chi connectivity index (χ3n) is 4.97. The summed E-state index contributed by atoms with van der Waals surface area (Å²) in [5.74, 6) is -0.441. The maximum absolute atomic E-state index is 12.6. The molecule has 0 bridgehead atoms. The molecule has 3 rings (SSSR count). The second-order valence-corrected chi connectivity index (χ2v) is 6.75. The van der Waals surface area contributed by atoms with Crippen LogP contribution in [-0.4, -0.2) is 28.8 Å². The van der Waals surface area contributed by atoms with E-state index in [0.717, 1.165) is 5.56 Å². The Labute approximate surface area is 161 Å². The molecular formula is C19H20N4O5. The zero-order valence-electron chi connectivity index (χ0n) is 15.3. The van der Waals surface area contributed by atoms with Crippen molar-refractivity contribution >= 4 is 28.7 Å². The zero-order chi connectivity index (χ0) is 20.3. The monoisotopic (exact) mass is 384 g/mol. The molecule has 1 saturated heterocycles. The lowest BCUT2D eigenvalue weighted by molar-refractivity contribution is -0.384. The fourth-order valence-electron chi connectivity index (χ4n) is 3.36. The van der Waals surface area contributed by atoms with E-state index in [9.17, 15) is 25.0 Å². The van der Waals surface area contributed by atoms with Crippen LogP contribution in [0.3, 0.4) is 0 Å². The van der Waals surface area contributed by atoms with E-state index in [2.05, 4.69) is 5.32 Å². The van der Waals surface area contributed by atoms with Crippen molar-refractivity contribution in [1.29, 1.82) is 0 Å². The van der Waals surface area contributed by atoms with Crippen LogP contribution in [0.5, 0.6) is 0 Å². The van der Waals surface area contributed by atoms with Crippen LogP contribution in [0.4, 0.5) is 22.7 Å². The minimum absolute atomic E-state index is 0.0534. The predicted octanol–water partition coefficient (Wildman–Crippen LogP) is 3.67. The van der Waals surface area contributed by atoms with Gasteiger partial charge in [-0.15, -0.1) is 0 Å². The highest BCUT2D eigenvalue weighted by Gasteiger charge is 2.28. The third kappa shape index (κ3) is 4.08. The molecule has 1 N–H and O–H groups in total. The van der Waals surface area contributed by atoms with Gasteiger partial charge in [-0.1, -0.05) is 18.2 Å². The summed E-state index contributed by atoms with van der Waals surface area (Å²) in [6.07, 6.45) is 1.09. The molecule has 0 unspecified atom stereocenters. The Hall–Kier alpha value is -3.49. The van der Waals surface area contributed by atoms with Crippen molar-refractivity contribution in [2.24, 2.45) is 5.92 Å². The molecule has 9 nitrogen and oxygen atoms in total. The number of para-hydroxylation sites is 2. The second-order valence-electron chi connectivity index (χ2n) is 6.75. The highest BCUT2D eigenvalue weighted by Crippen LogP contribution is 2.31. The summed E-state index contributed by atoms with van der Waals surface area (Å²) in [5.41, 5.74) is 1.71. The fourth-order valence-corrected chi connectivity index (χ4v) is 3.36. The van der Waals surface area contributed by atoms with Gasteiger partial charge < -0.3 is 10.2 Å². The van der Waals surface area contributed by atoms with Crippen LogP contribution in [0.15, 0.2) is 42.5 Å². The van der Waals surface area contributed by atoms with E-state index >= 15 is 0 Å². The molecule has 1 amide bonds. The normalized spacial score (nSPS) is 14.5. The number of hydrogen-bond acceptors (Lipinski definition) is 6. The van der Waals surface area contributed by atoms with Crippen molar-refractivity contribution in [2.45, 2.75) is 19.8 Å². The number of rotatable bonds is 5. The molecular weight excluding hydrogens is 364 g/mol. The number of non-ortho nitro benzene ring substituents is 1. The van der Waals surface area contributed by atoms with E-state index in [1.54, 1.807) is 31.2 Å². The van der Waals surface area contributed by atoms with Crippen molar-refractivity contribution in [3.05, 3.63) is 68.3 Å². The molecule has 0 radical (unpaired) electrons. The van der Waals surface area contributed by atoms with Crippen LogP contribution in [0.25, 0.3) is 0 Å². The van der Waals surface area contributed by atoms with Gasteiger partial charge in [-0.3, -0.25) is 25.0 Å². The lowest BCUT2D eigenvalue weighted by atomic mass is 9.95. The number of benzene rings is 2. The number of nitro groups is 2. The quantitative estimate of drug-likeness (QED) is 0.620. The molecule has 1 fully saturated rings.